The summed E-state index contributed by atoms with van der Waals surface area (Å²) < 4.78 is 0. The Morgan fingerprint density at radius 2 is 1.75 bits per heavy atom. The molecule has 0 radical (unpaired) electrons. The van der Waals surface area contributed by atoms with E-state index >= 15 is 0 Å². The van der Waals surface area contributed by atoms with E-state index in [-0.39, 0.29) is 24.4 Å². The van der Waals surface area contributed by atoms with Crippen LogP contribution in [0.25, 0.3) is 0 Å². The van der Waals surface area contributed by atoms with Gasteiger partial charge in [0.05, 0.1) is 6.54 Å². The predicted molar refractivity (Wildman–Crippen MR) is 96.6 cm³/mol. The maximum Gasteiger partial charge on any atom is 0.239 e. The van der Waals surface area contributed by atoms with Crippen LogP contribution >= 0.6 is 0 Å². The number of nitrogens with one attached hydrogen (secondary N) is 1. The molecular formula is C20H30N2O2. The molecule has 0 spiro atoms. The van der Waals surface area contributed by atoms with Crippen LogP contribution in [0.15, 0.2) is 30.3 Å². The molecule has 1 aromatic carbocycles. The van der Waals surface area contributed by atoms with Crippen LogP contribution in [0, 0.1) is 0 Å². The number of rotatable bonds is 7. The molecule has 1 fully saturated rings. The van der Waals surface area contributed by atoms with Crippen molar-refractivity contribution in [1.82, 2.24) is 10.2 Å². The summed E-state index contributed by atoms with van der Waals surface area (Å²) in [7, 11) is 0. The van der Waals surface area contributed by atoms with Crippen molar-refractivity contribution in [3.05, 3.63) is 35.9 Å². The Kier molecular flexibility index (Phi) is 7.80. The second-order valence-corrected chi connectivity index (χ2v) is 6.73. The molecule has 24 heavy (non-hydrogen) atoms. The van der Waals surface area contributed by atoms with Crippen molar-refractivity contribution >= 4 is 11.8 Å². The Morgan fingerprint density at radius 1 is 1.08 bits per heavy atom. The van der Waals surface area contributed by atoms with E-state index in [2.05, 4.69) is 17.4 Å². The topological polar surface area (TPSA) is 49.4 Å². The summed E-state index contributed by atoms with van der Waals surface area (Å²) in [5, 5.41) is 2.96. The van der Waals surface area contributed by atoms with Gasteiger partial charge in [0.25, 0.3) is 0 Å². The van der Waals surface area contributed by atoms with Gasteiger partial charge >= 0.3 is 0 Å². The Morgan fingerprint density at radius 3 is 2.38 bits per heavy atom. The second kappa shape index (κ2) is 10.1. The molecule has 0 heterocycles. The quantitative estimate of drug-likeness (QED) is 0.616. The predicted octanol–water partition coefficient (Wildman–Crippen LogP) is 3.31. The Bertz CT molecular complexity index is 508. The molecule has 2 amide bonds. The second-order valence-electron chi connectivity index (χ2n) is 6.73. The van der Waals surface area contributed by atoms with Crippen molar-refractivity contribution in [2.45, 2.75) is 64.3 Å². The lowest BCUT2D eigenvalue weighted by Gasteiger charge is -2.29. The van der Waals surface area contributed by atoms with Crippen molar-refractivity contribution in [3.63, 3.8) is 0 Å². The fraction of sp³-hybridized carbons (Fsp3) is 0.600. The molecule has 1 saturated carbocycles. The monoisotopic (exact) mass is 330 g/mol. The molecule has 2 rings (SSSR count). The van der Waals surface area contributed by atoms with Gasteiger partial charge < -0.3 is 10.2 Å². The summed E-state index contributed by atoms with van der Waals surface area (Å²) in [5.74, 6) is -0.0242. The van der Waals surface area contributed by atoms with Gasteiger partial charge in [-0.2, -0.15) is 0 Å². The van der Waals surface area contributed by atoms with Crippen molar-refractivity contribution in [2.24, 2.45) is 0 Å². The van der Waals surface area contributed by atoms with Gasteiger partial charge in [0, 0.05) is 19.5 Å². The number of amides is 2. The smallest absolute Gasteiger partial charge is 0.239 e. The van der Waals surface area contributed by atoms with Gasteiger partial charge in [-0.05, 0) is 31.2 Å². The molecule has 0 bridgehead atoms. The number of nitrogens with zero attached hydrogens (tertiary/aromatic N) is 1. The first kappa shape index (κ1) is 18.5. The third kappa shape index (κ3) is 6.34. The molecule has 1 aliphatic carbocycles. The first-order valence-electron chi connectivity index (χ1n) is 9.24. The van der Waals surface area contributed by atoms with Crippen LogP contribution in [0.5, 0.6) is 0 Å². The standard InChI is InChI=1S/C20H30N2O2/c1-17(23)22(19-13-7-2-3-8-14-19)16-20(24)21-15-9-12-18-10-5-4-6-11-18/h4-6,10-11,19H,2-3,7-9,12-16H2,1H3,(H,21,24). The molecule has 4 nitrogen and oxygen atoms in total. The zero-order chi connectivity index (χ0) is 17.2. The number of carbonyl (C=O) groups excluding carboxylic acids is 2. The minimum absolute atomic E-state index is 0.0151. The van der Waals surface area contributed by atoms with E-state index in [4.69, 9.17) is 0 Å². The lowest BCUT2D eigenvalue weighted by molar-refractivity contribution is -0.136. The van der Waals surface area contributed by atoms with Crippen molar-refractivity contribution in [1.29, 1.82) is 0 Å². The Labute approximate surface area is 145 Å². The average molecular weight is 330 g/mol. The largest absolute Gasteiger partial charge is 0.355 e. The minimum atomic E-state index is -0.0393. The van der Waals surface area contributed by atoms with E-state index < -0.39 is 0 Å². The highest BCUT2D eigenvalue weighted by Crippen LogP contribution is 2.21. The van der Waals surface area contributed by atoms with Crippen molar-refractivity contribution in [2.75, 3.05) is 13.1 Å². The van der Waals surface area contributed by atoms with Crippen LogP contribution in [-0.4, -0.2) is 35.8 Å². The zero-order valence-electron chi connectivity index (χ0n) is 14.8. The van der Waals surface area contributed by atoms with Gasteiger partial charge in [-0.15, -0.1) is 0 Å². The fourth-order valence-corrected chi connectivity index (χ4v) is 3.44. The maximum absolute atomic E-state index is 12.2. The first-order chi connectivity index (χ1) is 11.7. The summed E-state index contributed by atoms with van der Waals surface area (Å²) >= 11 is 0. The van der Waals surface area contributed by atoms with E-state index in [0.717, 1.165) is 38.5 Å². The van der Waals surface area contributed by atoms with Crippen molar-refractivity contribution in [3.8, 4) is 0 Å². The summed E-state index contributed by atoms with van der Waals surface area (Å²) in [6.07, 6.45) is 8.74. The number of hydrogen-bond acceptors (Lipinski definition) is 2. The Balaban J connectivity index is 1.73. The molecule has 132 valence electrons. The summed E-state index contributed by atoms with van der Waals surface area (Å²) in [5.41, 5.74) is 1.29. The van der Waals surface area contributed by atoms with Gasteiger partial charge in [-0.3, -0.25) is 9.59 Å². The number of benzene rings is 1. The molecule has 0 saturated heterocycles. The van der Waals surface area contributed by atoms with Gasteiger partial charge in [-0.25, -0.2) is 0 Å². The zero-order valence-corrected chi connectivity index (χ0v) is 14.8. The molecule has 1 aliphatic rings. The van der Waals surface area contributed by atoms with Gasteiger partial charge in [0.1, 0.15) is 0 Å². The van der Waals surface area contributed by atoms with Gasteiger partial charge in [0.15, 0.2) is 0 Å². The first-order valence-corrected chi connectivity index (χ1v) is 9.24. The highest BCUT2D eigenvalue weighted by Gasteiger charge is 2.24. The molecule has 1 aromatic rings. The van der Waals surface area contributed by atoms with Crippen LogP contribution < -0.4 is 5.32 Å². The van der Waals surface area contributed by atoms with Crippen LogP contribution in [0.4, 0.5) is 0 Å². The third-order valence-corrected chi connectivity index (χ3v) is 4.79. The molecule has 0 unspecified atom stereocenters. The molecular weight excluding hydrogens is 300 g/mol. The van der Waals surface area contributed by atoms with Crippen molar-refractivity contribution < 1.29 is 9.59 Å². The SMILES string of the molecule is CC(=O)N(CC(=O)NCCCc1ccccc1)C1CCCCCC1. The van der Waals surface area contributed by atoms with Gasteiger partial charge in [-0.1, -0.05) is 56.0 Å². The molecule has 1 N–H and O–H groups in total. The highest BCUT2D eigenvalue weighted by molar-refractivity contribution is 5.83. The third-order valence-electron chi connectivity index (χ3n) is 4.79. The molecule has 0 atom stereocenters. The number of hydrogen-bond donors (Lipinski definition) is 1. The summed E-state index contributed by atoms with van der Waals surface area (Å²) in [6, 6.07) is 10.5. The summed E-state index contributed by atoms with van der Waals surface area (Å²) in [4.78, 5) is 25.9. The minimum Gasteiger partial charge on any atom is -0.355 e. The van der Waals surface area contributed by atoms with Gasteiger partial charge in [0.2, 0.25) is 11.8 Å². The highest BCUT2D eigenvalue weighted by atomic mass is 16.2. The molecule has 4 heteroatoms. The molecule has 0 aromatic heterocycles. The van der Waals surface area contributed by atoms with E-state index in [1.165, 1.54) is 18.4 Å². The van der Waals surface area contributed by atoms with E-state index in [9.17, 15) is 9.59 Å². The van der Waals surface area contributed by atoms with E-state index in [0.29, 0.717) is 6.54 Å². The summed E-state index contributed by atoms with van der Waals surface area (Å²) in [6.45, 7) is 2.43. The lowest BCUT2D eigenvalue weighted by Crippen LogP contribution is -2.45. The van der Waals surface area contributed by atoms with Crippen LogP contribution in [0.2, 0.25) is 0 Å². The normalized spacial score (nSPS) is 15.5. The average Bonchev–Trinajstić information content (AvgIpc) is 2.86. The van der Waals surface area contributed by atoms with Crippen LogP contribution in [-0.2, 0) is 16.0 Å². The fourth-order valence-electron chi connectivity index (χ4n) is 3.44. The Hall–Kier alpha value is -1.84. The van der Waals surface area contributed by atoms with Crippen LogP contribution in [0.3, 0.4) is 0 Å². The van der Waals surface area contributed by atoms with Crippen LogP contribution in [0.1, 0.15) is 57.4 Å². The lowest BCUT2D eigenvalue weighted by atomic mass is 10.1. The number of carbonyl (C=O) groups is 2. The van der Waals surface area contributed by atoms with E-state index in [1.54, 1.807) is 11.8 Å². The number of aryl methyl sites for hydroxylation is 1. The van der Waals surface area contributed by atoms with E-state index in [1.807, 2.05) is 18.2 Å². The molecule has 0 aliphatic heterocycles. The maximum atomic E-state index is 12.2.